The molecule has 0 aromatic carbocycles. The van der Waals surface area contributed by atoms with Crippen LogP contribution in [0.25, 0.3) is 0 Å². The molecule has 6 heteroatoms. The van der Waals surface area contributed by atoms with Crippen molar-refractivity contribution in [3.8, 4) is 0 Å². The molecule has 1 unspecified atom stereocenters. The van der Waals surface area contributed by atoms with E-state index in [1.165, 1.54) is 0 Å². The third-order valence-corrected chi connectivity index (χ3v) is 3.47. The summed E-state index contributed by atoms with van der Waals surface area (Å²) >= 11 is 0. The molecule has 21 heavy (non-hydrogen) atoms. The van der Waals surface area contributed by atoms with Crippen LogP contribution < -0.4 is 10.6 Å². The Labute approximate surface area is 125 Å². The summed E-state index contributed by atoms with van der Waals surface area (Å²) in [7, 11) is 0. The Balaban J connectivity index is 2.29. The lowest BCUT2D eigenvalue weighted by molar-refractivity contribution is -0.137. The molecule has 0 radical (unpaired) electrons. The van der Waals surface area contributed by atoms with Crippen molar-refractivity contribution in [2.45, 2.75) is 39.5 Å². The quantitative estimate of drug-likeness (QED) is 0.687. The number of carboxylic acids is 1. The summed E-state index contributed by atoms with van der Waals surface area (Å²) in [5.74, 6) is -0.451. The fourth-order valence-corrected chi connectivity index (χ4v) is 2.03. The second-order valence-electron chi connectivity index (χ2n) is 5.07. The molecule has 3 N–H and O–H groups in total. The molecule has 6 nitrogen and oxygen atoms in total. The topological polar surface area (TPSA) is 91.3 Å². The zero-order valence-electron chi connectivity index (χ0n) is 12.6. The van der Waals surface area contributed by atoms with Gasteiger partial charge in [0.2, 0.25) is 0 Å². The molecule has 0 fully saturated rings. The maximum atomic E-state index is 11.8. The van der Waals surface area contributed by atoms with Crippen LogP contribution in [0.2, 0.25) is 0 Å². The summed E-state index contributed by atoms with van der Waals surface area (Å²) in [6, 6.07) is 1.56. The average Bonchev–Trinajstić information content (AvgIpc) is 2.45. The van der Waals surface area contributed by atoms with Crippen molar-refractivity contribution in [1.29, 1.82) is 0 Å². The number of rotatable bonds is 8. The van der Waals surface area contributed by atoms with Crippen molar-refractivity contribution in [3.05, 3.63) is 24.0 Å². The molecule has 0 aliphatic heterocycles. The van der Waals surface area contributed by atoms with Gasteiger partial charge in [-0.15, -0.1) is 0 Å². The van der Waals surface area contributed by atoms with E-state index in [1.54, 1.807) is 12.4 Å². The van der Waals surface area contributed by atoms with E-state index in [2.05, 4.69) is 15.6 Å². The second kappa shape index (κ2) is 8.94. The van der Waals surface area contributed by atoms with Gasteiger partial charge in [-0.2, -0.15) is 0 Å². The van der Waals surface area contributed by atoms with Crippen molar-refractivity contribution >= 4 is 17.7 Å². The number of nitrogens with zero attached hydrogens (tertiary/aromatic N) is 1. The Hall–Kier alpha value is -2.11. The lowest BCUT2D eigenvalue weighted by Gasteiger charge is -2.14. The number of hydrogen-bond acceptors (Lipinski definition) is 3. The van der Waals surface area contributed by atoms with Gasteiger partial charge in [-0.25, -0.2) is 4.79 Å². The van der Waals surface area contributed by atoms with Gasteiger partial charge < -0.3 is 15.7 Å². The molecule has 1 aromatic heterocycles. The number of pyridine rings is 1. The highest BCUT2D eigenvalue weighted by Gasteiger charge is 2.10. The van der Waals surface area contributed by atoms with Crippen molar-refractivity contribution < 1.29 is 14.7 Å². The Morgan fingerprint density at radius 3 is 2.76 bits per heavy atom. The van der Waals surface area contributed by atoms with Gasteiger partial charge in [-0.05, 0) is 37.3 Å². The van der Waals surface area contributed by atoms with Crippen LogP contribution >= 0.6 is 0 Å². The van der Waals surface area contributed by atoms with Gasteiger partial charge in [0.25, 0.3) is 0 Å². The molecule has 0 spiro atoms. The minimum atomic E-state index is -0.772. The lowest BCUT2D eigenvalue weighted by atomic mass is 9.97. The van der Waals surface area contributed by atoms with E-state index in [1.807, 2.05) is 19.9 Å². The summed E-state index contributed by atoms with van der Waals surface area (Å²) < 4.78 is 0. The maximum absolute atomic E-state index is 11.8. The van der Waals surface area contributed by atoms with Crippen LogP contribution in [0.15, 0.2) is 18.5 Å². The van der Waals surface area contributed by atoms with Crippen LogP contribution in [0.4, 0.5) is 10.5 Å². The number of hydrogen-bond donors (Lipinski definition) is 3. The number of aromatic nitrogens is 1. The highest BCUT2D eigenvalue weighted by Crippen LogP contribution is 2.15. The van der Waals surface area contributed by atoms with Crippen LogP contribution in [-0.2, 0) is 4.79 Å². The Bertz CT molecular complexity index is 477. The molecule has 116 valence electrons. The monoisotopic (exact) mass is 293 g/mol. The van der Waals surface area contributed by atoms with Gasteiger partial charge in [-0.1, -0.05) is 13.3 Å². The molecule has 0 saturated heterocycles. The van der Waals surface area contributed by atoms with Crippen molar-refractivity contribution in [3.63, 3.8) is 0 Å². The van der Waals surface area contributed by atoms with Crippen molar-refractivity contribution in [1.82, 2.24) is 10.3 Å². The van der Waals surface area contributed by atoms with Gasteiger partial charge >= 0.3 is 12.0 Å². The van der Waals surface area contributed by atoms with Gasteiger partial charge in [0, 0.05) is 19.2 Å². The lowest BCUT2D eigenvalue weighted by Crippen LogP contribution is -2.30. The fraction of sp³-hybridized carbons (Fsp3) is 0.533. The zero-order valence-corrected chi connectivity index (χ0v) is 12.6. The summed E-state index contributed by atoms with van der Waals surface area (Å²) in [4.78, 5) is 26.3. The van der Waals surface area contributed by atoms with Gasteiger partial charge in [0.15, 0.2) is 0 Å². The van der Waals surface area contributed by atoms with Crippen molar-refractivity contribution in [2.75, 3.05) is 11.9 Å². The van der Waals surface area contributed by atoms with Gasteiger partial charge in [-0.3, -0.25) is 9.78 Å². The molecule has 0 aliphatic carbocycles. The smallest absolute Gasteiger partial charge is 0.319 e. The Morgan fingerprint density at radius 1 is 1.38 bits per heavy atom. The minimum absolute atomic E-state index is 0.180. The van der Waals surface area contributed by atoms with Crippen molar-refractivity contribution in [2.24, 2.45) is 5.92 Å². The first-order chi connectivity index (χ1) is 10.0. The number of carbonyl (C=O) groups is 2. The number of carboxylic acid groups (broad SMARTS) is 1. The molecular formula is C15H23N3O3. The van der Waals surface area contributed by atoms with Gasteiger partial charge in [0.05, 0.1) is 11.9 Å². The molecule has 1 heterocycles. The van der Waals surface area contributed by atoms with Crippen LogP contribution in [-0.4, -0.2) is 28.6 Å². The first-order valence-corrected chi connectivity index (χ1v) is 7.20. The van der Waals surface area contributed by atoms with E-state index in [9.17, 15) is 9.59 Å². The predicted octanol–water partition coefficient (Wildman–Crippen LogP) is 2.79. The normalized spacial score (nSPS) is 11.7. The molecule has 1 rings (SSSR count). The summed E-state index contributed by atoms with van der Waals surface area (Å²) in [6.07, 6.45) is 5.81. The number of aryl methyl sites for hydroxylation is 1. The van der Waals surface area contributed by atoms with E-state index >= 15 is 0 Å². The summed E-state index contributed by atoms with van der Waals surface area (Å²) in [5.41, 5.74) is 1.64. The summed E-state index contributed by atoms with van der Waals surface area (Å²) in [5, 5.41) is 14.2. The summed E-state index contributed by atoms with van der Waals surface area (Å²) in [6.45, 7) is 4.46. The number of amides is 2. The fourth-order valence-electron chi connectivity index (χ4n) is 2.03. The van der Waals surface area contributed by atoms with E-state index < -0.39 is 5.97 Å². The minimum Gasteiger partial charge on any atom is -0.481 e. The molecule has 1 aromatic rings. The van der Waals surface area contributed by atoms with E-state index in [0.717, 1.165) is 18.4 Å². The van der Waals surface area contributed by atoms with Crippen LogP contribution in [0.3, 0.4) is 0 Å². The first kappa shape index (κ1) is 16.9. The third-order valence-electron chi connectivity index (χ3n) is 3.47. The zero-order chi connectivity index (χ0) is 15.7. The second-order valence-corrected chi connectivity index (χ2v) is 5.07. The number of nitrogens with one attached hydrogen (secondary N) is 2. The van der Waals surface area contributed by atoms with Crippen LogP contribution in [0, 0.1) is 12.8 Å². The standard InChI is InChI=1S/C15H23N3O3/c1-3-12(4-5-14(19)20)7-9-17-15(21)18-13-10-16-8-6-11(13)2/h6,8,10,12H,3-5,7,9H2,1-2H3,(H,19,20)(H2,17,18,21). The number of anilines is 1. The maximum Gasteiger partial charge on any atom is 0.319 e. The number of carbonyl (C=O) groups excluding carboxylic acids is 1. The number of urea groups is 1. The van der Waals surface area contributed by atoms with E-state index in [0.29, 0.717) is 24.6 Å². The first-order valence-electron chi connectivity index (χ1n) is 7.20. The van der Waals surface area contributed by atoms with E-state index in [-0.39, 0.29) is 12.5 Å². The molecule has 0 saturated carbocycles. The molecule has 0 bridgehead atoms. The molecule has 0 aliphatic rings. The third kappa shape index (κ3) is 6.74. The Morgan fingerprint density at radius 2 is 2.14 bits per heavy atom. The highest BCUT2D eigenvalue weighted by atomic mass is 16.4. The Kier molecular flexibility index (Phi) is 7.21. The van der Waals surface area contributed by atoms with Crippen LogP contribution in [0.5, 0.6) is 0 Å². The molecule has 2 amide bonds. The van der Waals surface area contributed by atoms with Gasteiger partial charge in [0.1, 0.15) is 0 Å². The highest BCUT2D eigenvalue weighted by molar-refractivity contribution is 5.89. The molecule has 1 atom stereocenters. The number of aliphatic carboxylic acids is 1. The molecular weight excluding hydrogens is 270 g/mol. The SMILES string of the molecule is CCC(CCNC(=O)Nc1cnccc1C)CCC(=O)O. The van der Waals surface area contributed by atoms with Crippen LogP contribution in [0.1, 0.15) is 38.2 Å². The van der Waals surface area contributed by atoms with E-state index in [4.69, 9.17) is 5.11 Å². The largest absolute Gasteiger partial charge is 0.481 e. The average molecular weight is 293 g/mol. The predicted molar refractivity (Wildman–Crippen MR) is 81.3 cm³/mol.